The minimum atomic E-state index is -2.11. The monoisotopic (exact) mass is 1440 g/mol. The van der Waals surface area contributed by atoms with Crippen LogP contribution in [0.15, 0.2) is 97.1 Å². The second-order valence-corrected chi connectivity index (χ2v) is 37.7. The van der Waals surface area contributed by atoms with Crippen molar-refractivity contribution in [2.45, 2.75) is 209 Å². The number of aromatic nitrogens is 8. The quantitative estimate of drug-likeness (QED) is 0.0840. The van der Waals surface area contributed by atoms with Crippen LogP contribution >= 0.6 is 0 Å². The second kappa shape index (κ2) is 23.2. The number of nitrogens with zero attached hydrogens (tertiary/aromatic N) is 8. The molecular formula is C86H88F5InN8-2. The van der Waals surface area contributed by atoms with Crippen LogP contribution in [0.2, 0.25) is 0 Å². The molecule has 3 aromatic heterocycles. The number of hydrogen-bond acceptors (Lipinski definition) is 6. The third-order valence-corrected chi connectivity index (χ3v) is 21.4. The topological polar surface area (TPSA) is 106 Å². The summed E-state index contributed by atoms with van der Waals surface area (Å²) in [5.41, 5.74) is 14.9. The molecule has 512 valence electrons. The molecule has 8 bridgehead atoms. The van der Waals surface area contributed by atoms with E-state index in [-0.39, 0.29) is 67.7 Å². The van der Waals surface area contributed by atoms with Gasteiger partial charge in [-0.2, -0.15) is 0 Å². The van der Waals surface area contributed by atoms with Crippen LogP contribution in [0.5, 0.6) is 0 Å². The van der Waals surface area contributed by atoms with E-state index in [2.05, 4.69) is 263 Å². The molecule has 0 atom stereocenters. The summed E-state index contributed by atoms with van der Waals surface area (Å²) in [6, 6.07) is 37.5. The molecule has 2 aliphatic heterocycles. The van der Waals surface area contributed by atoms with E-state index in [0.29, 0.717) is 45.9 Å². The average molecular weight is 1440 g/mol. The summed E-state index contributed by atoms with van der Waals surface area (Å²) >= 11 is -0.157. The predicted molar refractivity (Wildman–Crippen MR) is 405 cm³/mol. The van der Waals surface area contributed by atoms with Gasteiger partial charge >= 0.3 is 78.7 Å². The van der Waals surface area contributed by atoms with Crippen molar-refractivity contribution < 1.29 is 22.0 Å². The summed E-state index contributed by atoms with van der Waals surface area (Å²) in [5, 5.41) is 12.7. The summed E-state index contributed by atoms with van der Waals surface area (Å²) < 4.78 is 61.0. The molecular weight excluding hydrogens is 1350 g/mol. The molecule has 2 radical (unpaired) electrons. The molecule has 0 unspecified atom stereocenters. The van der Waals surface area contributed by atoms with Gasteiger partial charge < -0.3 is 29.9 Å². The third kappa shape index (κ3) is 12.3. The summed E-state index contributed by atoms with van der Waals surface area (Å²) in [5.74, 6) is -7.16. The van der Waals surface area contributed by atoms with Crippen LogP contribution in [0, 0.1) is 29.1 Å². The van der Waals surface area contributed by atoms with Crippen molar-refractivity contribution >= 4 is 115 Å². The molecule has 9 aromatic carbocycles. The SMILES string of the molecule is CC(C)(C)c1cc(C(C)(C)C)c2cc3c(cc2c1)-c1nc-3nc2[n-]c(nc3nc(nc4[n-]c(n1)c1cc5c(C(C)(C)C)cc(C(C)(C)C)cc5cc41)-c1cc4c(C(C)(C)C)cc(C(C)(C)C)cc4cc1-3)c1cc3c(C(C)(C)C)cc(C(C)(C)C)cc3cc21.Fc1c(F)c(F)[c]([In])c(F)c1F. The zero-order chi connectivity index (χ0) is 72.9. The second-order valence-electron chi connectivity index (χ2n) is 36.0. The third-order valence-electron chi connectivity index (χ3n) is 19.9. The molecule has 0 spiro atoms. The van der Waals surface area contributed by atoms with Gasteiger partial charge in [0.25, 0.3) is 0 Å². The van der Waals surface area contributed by atoms with Crippen LogP contribution in [0.1, 0.15) is 211 Å². The van der Waals surface area contributed by atoms with Crippen LogP contribution in [0.25, 0.3) is 133 Å². The zero-order valence-corrected chi connectivity index (χ0v) is 65.6. The Kier molecular flexibility index (Phi) is 16.3. The summed E-state index contributed by atoms with van der Waals surface area (Å²) in [7, 11) is 0. The fourth-order valence-corrected chi connectivity index (χ4v) is 14.7. The van der Waals surface area contributed by atoms with Crippen molar-refractivity contribution in [3.63, 3.8) is 0 Å². The van der Waals surface area contributed by atoms with Crippen LogP contribution in [0.4, 0.5) is 22.0 Å². The molecule has 5 heterocycles. The Morgan fingerprint density at radius 2 is 0.460 bits per heavy atom. The number of hydrogen-bond donors (Lipinski definition) is 0. The molecule has 2 aliphatic rings. The molecule has 12 aromatic rings. The number of rotatable bonds is 0. The van der Waals surface area contributed by atoms with Crippen molar-refractivity contribution in [1.82, 2.24) is 39.9 Å². The van der Waals surface area contributed by atoms with E-state index in [4.69, 9.17) is 39.9 Å². The molecule has 0 saturated carbocycles. The first-order valence-electron chi connectivity index (χ1n) is 34.5. The molecule has 0 fully saturated rings. The molecule has 100 heavy (non-hydrogen) atoms. The van der Waals surface area contributed by atoms with Gasteiger partial charge in [0.2, 0.25) is 0 Å². The standard InChI is InChI=1S/C80H88N8.C6F5.In/c1-73(2,3)45-25-41-29-53-57(37-49(41)61(33-45)77(13,14)15)69-81-65(53)85-70-58-38-50-42(26-46(74(4,5)6)34-62(50)78(16,17)18)30-54(58)67(82-70)87-72-60-40-52-44(28-48(76(10,11)12)36-64(52)80(22,23)24)32-56(60)68(84-72)88-71-59-39-51-43(31-55(59)66(83-71)86-69)27-47(75(7,8)9)35-63(51)79(19,20)21;7-2-1-3(8)5(10)6(11)4(2)9;/h25-40H,1-24H3;;/q-2;;. The van der Waals surface area contributed by atoms with E-state index in [1.165, 1.54) is 44.5 Å². The Morgan fingerprint density at radius 1 is 0.240 bits per heavy atom. The summed E-state index contributed by atoms with van der Waals surface area (Å²) in [6.45, 7) is 55.2. The Hall–Kier alpha value is -8.10. The Morgan fingerprint density at radius 3 is 0.710 bits per heavy atom. The molecule has 0 N–H and O–H groups in total. The van der Waals surface area contributed by atoms with Crippen molar-refractivity contribution in [3.8, 4) is 45.6 Å². The van der Waals surface area contributed by atoms with Crippen LogP contribution in [-0.4, -0.2) is 54.3 Å². The van der Waals surface area contributed by atoms with Gasteiger partial charge in [0.15, 0.2) is 0 Å². The Labute approximate surface area is 598 Å². The van der Waals surface area contributed by atoms with E-state index in [1.54, 1.807) is 0 Å². The van der Waals surface area contributed by atoms with Crippen molar-refractivity contribution in [3.05, 3.63) is 171 Å². The first-order chi connectivity index (χ1) is 46.0. The van der Waals surface area contributed by atoms with E-state index < -0.39 is 32.4 Å². The van der Waals surface area contributed by atoms with Crippen LogP contribution in [-0.2, 0) is 43.3 Å². The van der Waals surface area contributed by atoms with E-state index >= 15 is 0 Å². The number of halogens is 5. The summed E-state index contributed by atoms with van der Waals surface area (Å²) in [4.78, 5) is 44.9. The fourth-order valence-electron chi connectivity index (χ4n) is 13.9. The molecule has 14 heteroatoms. The van der Waals surface area contributed by atoms with Gasteiger partial charge in [-0.05, 0) is 201 Å². The maximum atomic E-state index is 12.4. The van der Waals surface area contributed by atoms with Gasteiger partial charge in [-0.15, -0.1) is 0 Å². The number of fused-ring (bicyclic) bond motifs is 24. The Bertz CT molecular complexity index is 5280. The molecule has 0 amide bonds. The normalized spacial score (nSPS) is 13.5. The average Bonchev–Trinajstić information content (AvgIpc) is 1.51. The molecule has 14 rings (SSSR count). The van der Waals surface area contributed by atoms with Gasteiger partial charge in [-0.1, -0.05) is 215 Å². The van der Waals surface area contributed by atoms with Gasteiger partial charge in [0, 0.05) is 44.8 Å². The maximum absolute atomic E-state index is 12.4. The fraction of sp³-hybridized carbons (Fsp3) is 0.372. The van der Waals surface area contributed by atoms with Crippen LogP contribution < -0.4 is 13.3 Å². The first-order valence-corrected chi connectivity index (χ1v) is 36.2. The molecule has 8 nitrogen and oxygen atoms in total. The van der Waals surface area contributed by atoms with Crippen molar-refractivity contribution in [2.75, 3.05) is 0 Å². The first kappa shape index (κ1) is 70.3. The van der Waals surface area contributed by atoms with Gasteiger partial charge in [-0.3, -0.25) is 0 Å². The Balaban J connectivity index is 0.000000678. The van der Waals surface area contributed by atoms with E-state index in [9.17, 15) is 22.0 Å². The van der Waals surface area contributed by atoms with Crippen molar-refractivity contribution in [2.24, 2.45) is 0 Å². The van der Waals surface area contributed by atoms with Crippen molar-refractivity contribution in [1.29, 1.82) is 0 Å². The zero-order valence-electron chi connectivity index (χ0n) is 62.3. The predicted octanol–water partition coefficient (Wildman–Crippen LogP) is 22.3. The van der Waals surface area contributed by atoms with E-state index in [1.807, 2.05) is 0 Å². The molecule has 0 aliphatic carbocycles. The molecule has 0 saturated heterocycles. The van der Waals surface area contributed by atoms with E-state index in [0.717, 1.165) is 86.9 Å². The minimum absolute atomic E-state index is 0.0930. The number of benzene rings is 9. The van der Waals surface area contributed by atoms with Crippen LogP contribution in [0.3, 0.4) is 0 Å². The van der Waals surface area contributed by atoms with Gasteiger partial charge in [0.05, 0.1) is 23.3 Å². The van der Waals surface area contributed by atoms with Gasteiger partial charge in [0.1, 0.15) is 0 Å². The van der Waals surface area contributed by atoms with Gasteiger partial charge in [-0.25, -0.2) is 9.97 Å². The summed E-state index contributed by atoms with van der Waals surface area (Å²) in [6.07, 6.45) is 0.